The van der Waals surface area contributed by atoms with E-state index in [1.807, 2.05) is 0 Å². The molecule has 8 heteroatoms. The number of hydrogen-bond acceptors (Lipinski definition) is 4. The maximum atomic E-state index is 14.6. The molecule has 134 valence electrons. The molecule has 26 heavy (non-hydrogen) atoms. The molecule has 5 nitrogen and oxygen atoms in total. The lowest BCUT2D eigenvalue weighted by molar-refractivity contribution is -0.137. The first-order valence-corrected chi connectivity index (χ1v) is 8.85. The Bertz CT molecular complexity index is 1080. The highest BCUT2D eigenvalue weighted by atomic mass is 79.9. The van der Waals surface area contributed by atoms with Crippen LogP contribution in [-0.2, 0) is 4.79 Å². The molecule has 0 aliphatic heterocycles. The number of fused-ring (bicyclic) bond motifs is 1. The van der Waals surface area contributed by atoms with Gasteiger partial charge in [0, 0.05) is 16.2 Å². The molecular formula is C18H13BrClFN2O3. The van der Waals surface area contributed by atoms with Crippen molar-refractivity contribution in [2.75, 3.05) is 0 Å². The van der Waals surface area contributed by atoms with Gasteiger partial charge >= 0.3 is 5.97 Å². The van der Waals surface area contributed by atoms with Gasteiger partial charge in [-0.2, -0.15) is 0 Å². The maximum Gasteiger partial charge on any atom is 0.313 e. The molecule has 2 aromatic heterocycles. The number of hydrogen-bond donors (Lipinski definition) is 1. The van der Waals surface area contributed by atoms with Gasteiger partial charge in [0.05, 0.1) is 21.9 Å². The number of rotatable bonds is 3. The van der Waals surface area contributed by atoms with Gasteiger partial charge in [0.1, 0.15) is 11.5 Å². The summed E-state index contributed by atoms with van der Waals surface area (Å²) in [5.41, 5.74) is -0.760. The summed E-state index contributed by atoms with van der Waals surface area (Å²) in [6.45, 7) is 3.31. The number of aromatic nitrogens is 2. The topological polar surface area (TPSA) is 72.1 Å². The van der Waals surface area contributed by atoms with Crippen molar-refractivity contribution in [2.45, 2.75) is 13.8 Å². The predicted octanol–water partition coefficient (Wildman–Crippen LogP) is 4.71. The number of nitrogens with one attached hydrogen (secondary N) is 1. The summed E-state index contributed by atoms with van der Waals surface area (Å²) >= 11 is 9.45. The number of nitrogens with zero attached hydrogens (tertiary/aromatic N) is 1. The van der Waals surface area contributed by atoms with Gasteiger partial charge in [0.2, 0.25) is 0 Å². The van der Waals surface area contributed by atoms with E-state index in [-0.39, 0.29) is 27.5 Å². The van der Waals surface area contributed by atoms with Crippen LogP contribution in [0, 0.1) is 11.7 Å². The lowest BCUT2D eigenvalue weighted by Crippen LogP contribution is -2.19. The van der Waals surface area contributed by atoms with Crippen LogP contribution in [0.1, 0.15) is 13.8 Å². The third-order valence-electron chi connectivity index (χ3n) is 3.71. The van der Waals surface area contributed by atoms with Gasteiger partial charge in [-0.3, -0.25) is 9.59 Å². The first-order chi connectivity index (χ1) is 12.3. The van der Waals surface area contributed by atoms with Crippen molar-refractivity contribution in [3.05, 3.63) is 56.1 Å². The molecule has 1 N–H and O–H groups in total. The molecule has 0 aliphatic carbocycles. The monoisotopic (exact) mass is 438 g/mol. The number of carbonyl (C=O) groups is 1. The van der Waals surface area contributed by atoms with E-state index in [1.165, 1.54) is 18.3 Å². The van der Waals surface area contributed by atoms with Crippen molar-refractivity contribution < 1.29 is 13.9 Å². The Morgan fingerprint density at radius 3 is 2.73 bits per heavy atom. The molecule has 0 aliphatic rings. The summed E-state index contributed by atoms with van der Waals surface area (Å²) in [6, 6.07) is 5.84. The summed E-state index contributed by atoms with van der Waals surface area (Å²) in [5, 5.41) is 0.368. The van der Waals surface area contributed by atoms with Gasteiger partial charge in [-0.15, -0.1) is 0 Å². The van der Waals surface area contributed by atoms with E-state index < -0.39 is 23.3 Å². The SMILES string of the molecule is CC(C)C(=O)Oc1c(-c2c(F)ccc(Br)c2Cl)c(=O)[nH]c2ncccc12. The van der Waals surface area contributed by atoms with Gasteiger partial charge in [-0.1, -0.05) is 25.4 Å². The second kappa shape index (κ2) is 7.17. The quantitative estimate of drug-likeness (QED) is 0.474. The van der Waals surface area contributed by atoms with Crippen LogP contribution in [0.25, 0.3) is 22.2 Å². The summed E-state index contributed by atoms with van der Waals surface area (Å²) in [4.78, 5) is 31.5. The van der Waals surface area contributed by atoms with E-state index >= 15 is 0 Å². The van der Waals surface area contributed by atoms with Crippen LogP contribution >= 0.6 is 27.5 Å². The molecule has 0 saturated carbocycles. The lowest BCUT2D eigenvalue weighted by atomic mass is 10.0. The molecule has 1 aromatic carbocycles. The molecule has 0 saturated heterocycles. The smallest absolute Gasteiger partial charge is 0.313 e. The van der Waals surface area contributed by atoms with E-state index in [2.05, 4.69) is 25.9 Å². The number of halogens is 3. The van der Waals surface area contributed by atoms with Gasteiger partial charge in [-0.05, 0) is 40.2 Å². The van der Waals surface area contributed by atoms with Crippen molar-refractivity contribution in [3.8, 4) is 16.9 Å². The van der Waals surface area contributed by atoms with E-state index in [4.69, 9.17) is 16.3 Å². The summed E-state index contributed by atoms with van der Waals surface area (Å²) in [6.07, 6.45) is 1.48. The molecular weight excluding hydrogens is 427 g/mol. The van der Waals surface area contributed by atoms with E-state index in [0.29, 0.717) is 9.86 Å². The maximum absolute atomic E-state index is 14.6. The molecule has 0 radical (unpaired) electrons. The average Bonchev–Trinajstić information content (AvgIpc) is 2.60. The number of pyridine rings is 2. The fourth-order valence-corrected chi connectivity index (χ4v) is 2.98. The minimum absolute atomic E-state index is 0.000543. The third kappa shape index (κ3) is 3.24. The van der Waals surface area contributed by atoms with Gasteiger partial charge in [0.25, 0.3) is 5.56 Å². The van der Waals surface area contributed by atoms with Crippen molar-refractivity contribution in [3.63, 3.8) is 0 Å². The standard InChI is InChI=1S/C18H13BrClFN2O3/c1-8(2)18(25)26-15-9-4-3-7-22-16(9)23-17(24)13(15)12-11(21)6-5-10(19)14(12)20/h3-8H,1-2H3,(H,22,23,24). The highest BCUT2D eigenvalue weighted by Gasteiger charge is 2.25. The lowest BCUT2D eigenvalue weighted by Gasteiger charge is -2.15. The Morgan fingerprint density at radius 2 is 2.04 bits per heavy atom. The zero-order valence-electron chi connectivity index (χ0n) is 13.8. The van der Waals surface area contributed by atoms with Crippen LogP contribution < -0.4 is 10.3 Å². The van der Waals surface area contributed by atoms with Crippen LogP contribution in [0.2, 0.25) is 5.02 Å². The molecule has 3 aromatic rings. The van der Waals surface area contributed by atoms with Crippen LogP contribution in [0.5, 0.6) is 5.75 Å². The molecule has 0 amide bonds. The van der Waals surface area contributed by atoms with Crippen molar-refractivity contribution >= 4 is 44.5 Å². The Balaban J connectivity index is 2.42. The Hall–Kier alpha value is -2.25. The highest BCUT2D eigenvalue weighted by Crippen LogP contribution is 2.40. The molecule has 0 bridgehead atoms. The molecule has 0 unspecified atom stereocenters. The van der Waals surface area contributed by atoms with Crippen LogP contribution in [0.4, 0.5) is 4.39 Å². The first kappa shape index (κ1) is 18.5. The minimum atomic E-state index is -0.714. The normalized spacial score (nSPS) is 11.2. The third-order valence-corrected chi connectivity index (χ3v) is 4.99. The summed E-state index contributed by atoms with van der Waals surface area (Å²) < 4.78 is 20.4. The van der Waals surface area contributed by atoms with Crippen molar-refractivity contribution in [2.24, 2.45) is 5.92 Å². The molecule has 0 fully saturated rings. The Kier molecular flexibility index (Phi) is 5.11. The van der Waals surface area contributed by atoms with E-state index in [1.54, 1.807) is 26.0 Å². The zero-order valence-corrected chi connectivity index (χ0v) is 16.1. The number of carbonyl (C=O) groups excluding carboxylic acids is 1. The Labute approximate surface area is 161 Å². The zero-order chi connectivity index (χ0) is 19.0. The fraction of sp³-hybridized carbons (Fsp3) is 0.167. The van der Waals surface area contributed by atoms with Gasteiger partial charge in [0.15, 0.2) is 5.75 Å². The second-order valence-electron chi connectivity index (χ2n) is 5.85. The van der Waals surface area contributed by atoms with Crippen LogP contribution in [0.15, 0.2) is 39.7 Å². The number of aromatic amines is 1. The minimum Gasteiger partial charge on any atom is -0.425 e. The molecule has 0 atom stereocenters. The van der Waals surface area contributed by atoms with Crippen molar-refractivity contribution in [1.29, 1.82) is 0 Å². The molecule has 3 rings (SSSR count). The number of esters is 1. The number of benzene rings is 1. The van der Waals surface area contributed by atoms with Gasteiger partial charge < -0.3 is 9.72 Å². The van der Waals surface area contributed by atoms with Crippen LogP contribution in [-0.4, -0.2) is 15.9 Å². The largest absolute Gasteiger partial charge is 0.425 e. The number of H-pyrrole nitrogens is 1. The van der Waals surface area contributed by atoms with Gasteiger partial charge in [-0.25, -0.2) is 9.37 Å². The van der Waals surface area contributed by atoms with Crippen LogP contribution in [0.3, 0.4) is 0 Å². The summed E-state index contributed by atoms with van der Waals surface area (Å²) in [5.74, 6) is -1.80. The molecule has 0 spiro atoms. The first-order valence-electron chi connectivity index (χ1n) is 7.67. The predicted molar refractivity (Wildman–Crippen MR) is 101 cm³/mol. The fourth-order valence-electron chi connectivity index (χ4n) is 2.40. The van der Waals surface area contributed by atoms with E-state index in [9.17, 15) is 14.0 Å². The Morgan fingerprint density at radius 1 is 1.31 bits per heavy atom. The van der Waals surface area contributed by atoms with Crippen molar-refractivity contribution in [1.82, 2.24) is 9.97 Å². The average molecular weight is 440 g/mol. The molecule has 2 heterocycles. The van der Waals surface area contributed by atoms with E-state index in [0.717, 1.165) is 0 Å². The summed E-state index contributed by atoms with van der Waals surface area (Å²) in [7, 11) is 0. The number of ether oxygens (including phenoxy) is 1. The highest BCUT2D eigenvalue weighted by molar-refractivity contribution is 9.10. The second-order valence-corrected chi connectivity index (χ2v) is 7.08.